The van der Waals surface area contributed by atoms with Gasteiger partial charge < -0.3 is 10.8 Å². The van der Waals surface area contributed by atoms with Crippen molar-refractivity contribution in [1.82, 2.24) is 0 Å². The number of nitrogens with two attached hydrogens (primary N) is 1. The Balaban J connectivity index is 2.08. The quantitative estimate of drug-likeness (QED) is 0.863. The van der Waals surface area contributed by atoms with Gasteiger partial charge in [-0.05, 0) is 30.0 Å². The van der Waals surface area contributed by atoms with Gasteiger partial charge in [0.15, 0.2) is 0 Å². The molecule has 1 aliphatic carbocycles. The Labute approximate surface area is 112 Å². The van der Waals surface area contributed by atoms with Crippen LogP contribution in [0.15, 0.2) is 18.2 Å². The lowest BCUT2D eigenvalue weighted by Gasteiger charge is -2.24. The maximum absolute atomic E-state index is 13.2. The first-order valence-corrected chi connectivity index (χ1v) is 6.94. The number of aliphatic hydroxyl groups excluding tert-OH is 1. The van der Waals surface area contributed by atoms with E-state index in [0.717, 1.165) is 18.9 Å². The Morgan fingerprint density at radius 2 is 1.74 bits per heavy atom. The summed E-state index contributed by atoms with van der Waals surface area (Å²) in [5.41, 5.74) is 6.12. The molecule has 1 aromatic carbocycles. The summed E-state index contributed by atoms with van der Waals surface area (Å²) in [6.07, 6.45) is 4.71. The largest absolute Gasteiger partial charge is 0.392 e. The predicted octanol–water partition coefficient (Wildman–Crippen LogP) is 2.95. The van der Waals surface area contributed by atoms with Gasteiger partial charge in [-0.15, -0.1) is 0 Å². The molecule has 1 fully saturated rings. The average molecular weight is 269 g/mol. The molecule has 0 saturated heterocycles. The molecule has 1 aromatic rings. The first-order valence-electron chi connectivity index (χ1n) is 6.94. The van der Waals surface area contributed by atoms with Crippen molar-refractivity contribution in [3.63, 3.8) is 0 Å². The molecule has 2 atom stereocenters. The molecule has 2 rings (SSSR count). The Kier molecular flexibility index (Phi) is 4.88. The standard InChI is InChI=1S/C15H21F2NO/c16-12-6-11(7-13(17)8-12)14(9-18)15(19)5-10-3-1-2-4-10/h6-8,10,14-15,19H,1-5,9,18H2. The van der Waals surface area contributed by atoms with Gasteiger partial charge in [0.05, 0.1) is 6.10 Å². The third-order valence-corrected chi connectivity index (χ3v) is 4.08. The predicted molar refractivity (Wildman–Crippen MR) is 70.7 cm³/mol. The molecule has 0 aliphatic heterocycles. The van der Waals surface area contributed by atoms with Crippen LogP contribution in [0, 0.1) is 17.6 Å². The molecule has 1 saturated carbocycles. The lowest BCUT2D eigenvalue weighted by atomic mass is 9.87. The Bertz CT molecular complexity index is 398. The lowest BCUT2D eigenvalue weighted by molar-refractivity contribution is 0.116. The highest BCUT2D eigenvalue weighted by Gasteiger charge is 2.25. The minimum atomic E-state index is -0.630. The molecule has 0 heterocycles. The molecule has 2 nitrogen and oxygen atoms in total. The van der Waals surface area contributed by atoms with Crippen molar-refractivity contribution in [1.29, 1.82) is 0 Å². The molecule has 19 heavy (non-hydrogen) atoms. The second-order valence-electron chi connectivity index (χ2n) is 5.50. The van der Waals surface area contributed by atoms with Crippen LogP contribution in [0.4, 0.5) is 8.78 Å². The van der Waals surface area contributed by atoms with Crippen LogP contribution in [0.25, 0.3) is 0 Å². The first kappa shape index (κ1) is 14.4. The Morgan fingerprint density at radius 3 is 2.26 bits per heavy atom. The lowest BCUT2D eigenvalue weighted by Crippen LogP contribution is -2.27. The van der Waals surface area contributed by atoms with E-state index in [1.807, 2.05) is 0 Å². The van der Waals surface area contributed by atoms with Crippen LogP contribution < -0.4 is 5.73 Å². The van der Waals surface area contributed by atoms with Gasteiger partial charge in [0.2, 0.25) is 0 Å². The van der Waals surface area contributed by atoms with Gasteiger partial charge in [-0.3, -0.25) is 0 Å². The molecule has 0 radical (unpaired) electrons. The molecule has 3 N–H and O–H groups in total. The van der Waals surface area contributed by atoms with Crippen LogP contribution in [0.1, 0.15) is 43.6 Å². The van der Waals surface area contributed by atoms with E-state index in [4.69, 9.17) is 5.73 Å². The van der Waals surface area contributed by atoms with Crippen molar-refractivity contribution in [3.8, 4) is 0 Å². The Morgan fingerprint density at radius 1 is 1.16 bits per heavy atom. The van der Waals surface area contributed by atoms with E-state index >= 15 is 0 Å². The zero-order valence-corrected chi connectivity index (χ0v) is 11.0. The molecule has 106 valence electrons. The fourth-order valence-electron chi connectivity index (χ4n) is 3.06. The van der Waals surface area contributed by atoms with Gasteiger partial charge in [0.1, 0.15) is 11.6 Å². The first-order chi connectivity index (χ1) is 9.10. The maximum Gasteiger partial charge on any atom is 0.126 e. The van der Waals surface area contributed by atoms with Gasteiger partial charge in [-0.1, -0.05) is 25.7 Å². The number of benzene rings is 1. The van der Waals surface area contributed by atoms with Crippen molar-refractivity contribution in [2.75, 3.05) is 6.54 Å². The van der Waals surface area contributed by atoms with E-state index in [2.05, 4.69) is 0 Å². The zero-order valence-electron chi connectivity index (χ0n) is 11.0. The number of hydrogen-bond acceptors (Lipinski definition) is 2. The van der Waals surface area contributed by atoms with Gasteiger partial charge >= 0.3 is 0 Å². The molecule has 0 bridgehead atoms. The van der Waals surface area contributed by atoms with Crippen LogP contribution in [0.2, 0.25) is 0 Å². The fourth-order valence-corrected chi connectivity index (χ4v) is 3.06. The summed E-state index contributed by atoms with van der Waals surface area (Å²) >= 11 is 0. The van der Waals surface area contributed by atoms with Crippen molar-refractivity contribution >= 4 is 0 Å². The maximum atomic E-state index is 13.2. The highest BCUT2D eigenvalue weighted by molar-refractivity contribution is 5.23. The average Bonchev–Trinajstić information content (AvgIpc) is 2.81. The minimum Gasteiger partial charge on any atom is -0.392 e. The summed E-state index contributed by atoms with van der Waals surface area (Å²) in [5.74, 6) is -1.13. The SMILES string of the molecule is NCC(c1cc(F)cc(F)c1)C(O)CC1CCCC1. The zero-order chi connectivity index (χ0) is 13.8. The monoisotopic (exact) mass is 269 g/mol. The molecular weight excluding hydrogens is 248 g/mol. The van der Waals surface area contributed by atoms with E-state index in [1.165, 1.54) is 25.0 Å². The van der Waals surface area contributed by atoms with Gasteiger partial charge in [-0.2, -0.15) is 0 Å². The van der Waals surface area contributed by atoms with Crippen LogP contribution in [0.5, 0.6) is 0 Å². The van der Waals surface area contributed by atoms with E-state index in [1.54, 1.807) is 0 Å². The van der Waals surface area contributed by atoms with Gasteiger partial charge in [0, 0.05) is 18.5 Å². The number of hydrogen-bond donors (Lipinski definition) is 2. The second kappa shape index (κ2) is 6.44. The molecule has 0 spiro atoms. The van der Waals surface area contributed by atoms with Gasteiger partial charge in [0.25, 0.3) is 0 Å². The fraction of sp³-hybridized carbons (Fsp3) is 0.600. The summed E-state index contributed by atoms with van der Waals surface area (Å²) in [6.45, 7) is 0.191. The third kappa shape index (κ3) is 3.74. The van der Waals surface area contributed by atoms with E-state index in [-0.39, 0.29) is 6.54 Å². The highest BCUT2D eigenvalue weighted by atomic mass is 19.1. The topological polar surface area (TPSA) is 46.2 Å². The number of rotatable bonds is 5. The molecule has 2 unspecified atom stereocenters. The number of aliphatic hydroxyl groups is 1. The molecule has 4 heteroatoms. The van der Waals surface area contributed by atoms with E-state index in [9.17, 15) is 13.9 Å². The Hall–Kier alpha value is -1.00. The second-order valence-corrected chi connectivity index (χ2v) is 5.50. The summed E-state index contributed by atoms with van der Waals surface area (Å²) < 4.78 is 26.5. The summed E-state index contributed by atoms with van der Waals surface area (Å²) in [7, 11) is 0. The van der Waals surface area contributed by atoms with Crippen molar-refractivity contribution in [2.24, 2.45) is 11.7 Å². The summed E-state index contributed by atoms with van der Waals surface area (Å²) in [5, 5.41) is 10.3. The molecule has 1 aliphatic rings. The van der Waals surface area contributed by atoms with Crippen LogP contribution in [-0.2, 0) is 0 Å². The van der Waals surface area contributed by atoms with Crippen LogP contribution in [0.3, 0.4) is 0 Å². The van der Waals surface area contributed by atoms with Crippen molar-refractivity contribution < 1.29 is 13.9 Å². The van der Waals surface area contributed by atoms with Crippen molar-refractivity contribution in [2.45, 2.75) is 44.1 Å². The minimum absolute atomic E-state index is 0.191. The smallest absolute Gasteiger partial charge is 0.126 e. The highest BCUT2D eigenvalue weighted by Crippen LogP contribution is 2.32. The van der Waals surface area contributed by atoms with Crippen LogP contribution >= 0.6 is 0 Å². The normalized spacial score (nSPS) is 19.6. The summed E-state index contributed by atoms with van der Waals surface area (Å²) in [4.78, 5) is 0. The van der Waals surface area contributed by atoms with E-state index in [0.29, 0.717) is 17.9 Å². The molecular formula is C15H21F2NO. The van der Waals surface area contributed by atoms with Crippen molar-refractivity contribution in [3.05, 3.63) is 35.4 Å². The third-order valence-electron chi connectivity index (χ3n) is 4.08. The molecule has 0 amide bonds. The van der Waals surface area contributed by atoms with E-state index < -0.39 is 23.7 Å². The van der Waals surface area contributed by atoms with Gasteiger partial charge in [-0.25, -0.2) is 8.78 Å². The number of halogens is 2. The molecule has 0 aromatic heterocycles. The van der Waals surface area contributed by atoms with Crippen LogP contribution in [-0.4, -0.2) is 17.8 Å². The summed E-state index contributed by atoms with van der Waals surface area (Å²) in [6, 6.07) is 3.36.